The van der Waals surface area contributed by atoms with Crippen LogP contribution in [0.25, 0.3) is 38.8 Å². The van der Waals surface area contributed by atoms with Gasteiger partial charge < -0.3 is 20.1 Å². The summed E-state index contributed by atoms with van der Waals surface area (Å²) in [4.78, 5) is 56.1. The molecule has 0 saturated carbocycles. The lowest BCUT2D eigenvalue weighted by Gasteiger charge is -2.48. The number of benzene rings is 2. The molecule has 2 atom stereocenters. The van der Waals surface area contributed by atoms with Crippen molar-refractivity contribution < 1.29 is 18.4 Å². The van der Waals surface area contributed by atoms with Gasteiger partial charge in [0.1, 0.15) is 17.5 Å². The summed E-state index contributed by atoms with van der Waals surface area (Å²) < 4.78 is 35.4. The molecule has 5 heterocycles. The summed E-state index contributed by atoms with van der Waals surface area (Å²) in [5, 5.41) is 2.85. The molecule has 1 fully saturated rings. The molecule has 12 heteroatoms. The molecule has 47 heavy (non-hydrogen) atoms. The summed E-state index contributed by atoms with van der Waals surface area (Å²) in [5.74, 6) is -2.80. The SMILES string of the molecule is C=CC(=O)N1CC2C(=O)Nc3c(c4cc(F)c(-c5c(C)ccc6[nH]cnc56)c(F)c4n(-c4c(C)ccnc4C(C)C)c3=O)N2CC1C. The summed E-state index contributed by atoms with van der Waals surface area (Å²) >= 11 is 0. The number of pyridine rings is 2. The number of anilines is 2. The number of halogens is 2. The topological polar surface area (TPSA) is 116 Å². The Labute approximate surface area is 268 Å². The summed E-state index contributed by atoms with van der Waals surface area (Å²) in [7, 11) is 0. The van der Waals surface area contributed by atoms with Crippen LogP contribution in [-0.2, 0) is 9.59 Å². The Kier molecular flexibility index (Phi) is 6.99. The Morgan fingerprint density at radius 3 is 2.55 bits per heavy atom. The third-order valence-corrected chi connectivity index (χ3v) is 9.33. The van der Waals surface area contributed by atoms with E-state index in [9.17, 15) is 14.4 Å². The van der Waals surface area contributed by atoms with Gasteiger partial charge >= 0.3 is 0 Å². The van der Waals surface area contributed by atoms with Gasteiger partial charge in [0.2, 0.25) is 11.8 Å². The molecular formula is C35H33F2N7O3. The van der Waals surface area contributed by atoms with Crippen LogP contribution in [0.3, 0.4) is 0 Å². The van der Waals surface area contributed by atoms with Gasteiger partial charge in [0.05, 0.1) is 52.1 Å². The molecular weight excluding hydrogens is 604 g/mol. The first-order valence-corrected chi connectivity index (χ1v) is 15.4. The van der Waals surface area contributed by atoms with Crippen molar-refractivity contribution in [1.29, 1.82) is 0 Å². The Balaban J connectivity index is 1.63. The zero-order valence-corrected chi connectivity index (χ0v) is 26.6. The second-order valence-corrected chi connectivity index (χ2v) is 12.6. The number of H-pyrrole nitrogens is 1. The standard InChI is InChI=1S/C35H33F2N7O3/c1-7-24(45)42-14-23-34(46)41-30-33(43(23)13-19(42)6)20-12-21(36)26(25-17(4)8-9-22-29(25)40-15-39-22)27(37)32(20)44(35(30)47)31-18(5)10-11-38-28(31)16(2)3/h7-12,15-16,19,23H,1,13-14H2,2-6H3,(H,39,40)(H,41,46). The number of nitrogens with one attached hydrogen (secondary N) is 2. The van der Waals surface area contributed by atoms with Crippen LogP contribution in [-0.4, -0.2) is 61.4 Å². The van der Waals surface area contributed by atoms with E-state index in [4.69, 9.17) is 0 Å². The van der Waals surface area contributed by atoms with Gasteiger partial charge in [0.25, 0.3) is 5.56 Å². The van der Waals surface area contributed by atoms with Crippen molar-refractivity contribution in [2.45, 2.75) is 52.6 Å². The number of piperazine rings is 1. The smallest absolute Gasteiger partial charge is 0.281 e. The number of aromatic amines is 1. The van der Waals surface area contributed by atoms with Crippen LogP contribution in [0.5, 0.6) is 0 Å². The molecule has 7 rings (SSSR count). The molecule has 5 aromatic rings. The van der Waals surface area contributed by atoms with Gasteiger partial charge in [-0.05, 0) is 62.1 Å². The lowest BCUT2D eigenvalue weighted by Crippen LogP contribution is -2.64. The zero-order valence-electron chi connectivity index (χ0n) is 26.6. The number of amides is 2. The van der Waals surface area contributed by atoms with Crippen molar-refractivity contribution in [3.05, 3.63) is 88.3 Å². The molecule has 2 aliphatic heterocycles. The summed E-state index contributed by atoms with van der Waals surface area (Å²) in [6, 6.07) is 5.20. The average Bonchev–Trinajstić information content (AvgIpc) is 3.51. The highest BCUT2D eigenvalue weighted by Gasteiger charge is 2.44. The molecule has 10 nitrogen and oxygen atoms in total. The summed E-state index contributed by atoms with van der Waals surface area (Å²) in [6.07, 6.45) is 4.28. The van der Waals surface area contributed by atoms with Gasteiger partial charge in [-0.2, -0.15) is 0 Å². The van der Waals surface area contributed by atoms with Crippen molar-refractivity contribution in [3.63, 3.8) is 0 Å². The predicted octanol–water partition coefficient (Wildman–Crippen LogP) is 5.49. The number of imidazole rings is 1. The van der Waals surface area contributed by atoms with E-state index in [1.807, 2.05) is 20.8 Å². The van der Waals surface area contributed by atoms with Crippen LogP contribution in [0.1, 0.15) is 43.5 Å². The van der Waals surface area contributed by atoms with Gasteiger partial charge in [0, 0.05) is 29.7 Å². The average molecular weight is 638 g/mol. The minimum Gasteiger partial charge on any atom is -0.354 e. The van der Waals surface area contributed by atoms with Crippen LogP contribution in [0.4, 0.5) is 20.2 Å². The molecule has 0 bridgehead atoms. The van der Waals surface area contributed by atoms with E-state index in [2.05, 4.69) is 26.8 Å². The molecule has 0 radical (unpaired) electrons. The first kappa shape index (κ1) is 30.3. The molecule has 2 amide bonds. The van der Waals surface area contributed by atoms with E-state index in [0.29, 0.717) is 33.5 Å². The second-order valence-electron chi connectivity index (χ2n) is 12.6. The van der Waals surface area contributed by atoms with Crippen molar-refractivity contribution >= 4 is 45.1 Å². The largest absolute Gasteiger partial charge is 0.354 e. The number of nitrogens with zero attached hydrogens (tertiary/aromatic N) is 5. The fourth-order valence-corrected chi connectivity index (χ4v) is 7.10. The number of fused-ring (bicyclic) bond motifs is 6. The minimum absolute atomic E-state index is 0.00445. The monoisotopic (exact) mass is 637 g/mol. The minimum atomic E-state index is -0.946. The normalized spacial score (nSPS) is 17.7. The number of rotatable bonds is 4. The summed E-state index contributed by atoms with van der Waals surface area (Å²) in [6.45, 7) is 12.9. The second kappa shape index (κ2) is 10.9. The number of carbonyl (C=O) groups is 2. The molecule has 2 aliphatic rings. The molecule has 2 unspecified atom stereocenters. The molecule has 0 aliphatic carbocycles. The third kappa shape index (κ3) is 4.38. The van der Waals surface area contributed by atoms with E-state index in [1.165, 1.54) is 27.9 Å². The molecule has 2 N–H and O–H groups in total. The Hall–Kier alpha value is -5.39. The quantitative estimate of drug-likeness (QED) is 0.252. The maximum absolute atomic E-state index is 17.6. The van der Waals surface area contributed by atoms with Crippen molar-refractivity contribution in [2.24, 2.45) is 0 Å². The highest BCUT2D eigenvalue weighted by Crippen LogP contribution is 2.45. The van der Waals surface area contributed by atoms with Crippen LogP contribution < -0.4 is 15.8 Å². The lowest BCUT2D eigenvalue weighted by atomic mass is 9.93. The Bertz CT molecular complexity index is 2240. The van der Waals surface area contributed by atoms with Gasteiger partial charge in [-0.3, -0.25) is 23.9 Å². The molecule has 0 spiro atoms. The summed E-state index contributed by atoms with van der Waals surface area (Å²) in [5.41, 5.74) is 2.35. The van der Waals surface area contributed by atoms with E-state index in [-0.39, 0.29) is 58.3 Å². The van der Waals surface area contributed by atoms with Crippen molar-refractivity contribution in [1.82, 2.24) is 24.4 Å². The molecule has 240 valence electrons. The van der Waals surface area contributed by atoms with Gasteiger partial charge in [-0.15, -0.1) is 0 Å². The van der Waals surface area contributed by atoms with Crippen LogP contribution >= 0.6 is 0 Å². The zero-order chi connectivity index (χ0) is 33.5. The number of aromatic nitrogens is 4. The third-order valence-electron chi connectivity index (χ3n) is 9.33. The maximum Gasteiger partial charge on any atom is 0.281 e. The maximum atomic E-state index is 17.6. The number of hydrogen-bond acceptors (Lipinski definition) is 6. The van der Waals surface area contributed by atoms with Gasteiger partial charge in [0.15, 0.2) is 5.82 Å². The van der Waals surface area contributed by atoms with Gasteiger partial charge in [-0.25, -0.2) is 13.8 Å². The van der Waals surface area contributed by atoms with E-state index < -0.39 is 35.2 Å². The van der Waals surface area contributed by atoms with E-state index in [0.717, 1.165) is 0 Å². The van der Waals surface area contributed by atoms with Crippen LogP contribution in [0, 0.1) is 25.5 Å². The highest BCUT2D eigenvalue weighted by atomic mass is 19.1. The number of hydrogen-bond donors (Lipinski definition) is 2. The Morgan fingerprint density at radius 1 is 1.06 bits per heavy atom. The van der Waals surface area contributed by atoms with Crippen molar-refractivity contribution in [3.8, 4) is 16.8 Å². The van der Waals surface area contributed by atoms with Crippen molar-refractivity contribution in [2.75, 3.05) is 23.3 Å². The first-order valence-electron chi connectivity index (χ1n) is 15.4. The number of carbonyl (C=O) groups excluding carboxylic acids is 2. The first-order chi connectivity index (χ1) is 22.4. The molecule has 1 saturated heterocycles. The molecule has 2 aromatic carbocycles. The van der Waals surface area contributed by atoms with E-state index in [1.54, 1.807) is 43.1 Å². The fraction of sp³-hybridized carbons (Fsp3) is 0.286. The lowest BCUT2D eigenvalue weighted by molar-refractivity contribution is -0.130. The fourth-order valence-electron chi connectivity index (χ4n) is 7.10. The van der Waals surface area contributed by atoms with Gasteiger partial charge in [-0.1, -0.05) is 26.5 Å². The predicted molar refractivity (Wildman–Crippen MR) is 177 cm³/mol. The Morgan fingerprint density at radius 2 is 1.83 bits per heavy atom. The van der Waals surface area contributed by atoms with Crippen LogP contribution in [0.2, 0.25) is 0 Å². The van der Waals surface area contributed by atoms with E-state index >= 15 is 8.78 Å². The molecule has 3 aromatic heterocycles. The highest BCUT2D eigenvalue weighted by molar-refractivity contribution is 6.12. The van der Waals surface area contributed by atoms with Crippen LogP contribution in [0.15, 0.2) is 54.2 Å². The number of aryl methyl sites for hydroxylation is 2.